The van der Waals surface area contributed by atoms with Crippen molar-refractivity contribution in [3.8, 4) is 0 Å². The van der Waals surface area contributed by atoms with Crippen molar-refractivity contribution in [2.75, 3.05) is 0 Å². The zero-order valence-corrected chi connectivity index (χ0v) is 13.1. The molecule has 0 spiro atoms. The molecule has 0 atom stereocenters. The summed E-state index contributed by atoms with van der Waals surface area (Å²) >= 11 is 6.83. The second kappa shape index (κ2) is 7.80. The van der Waals surface area contributed by atoms with E-state index in [1.54, 1.807) is 22.7 Å². The highest BCUT2D eigenvalue weighted by atomic mass is 79.9. The van der Waals surface area contributed by atoms with Crippen LogP contribution in [-0.2, 0) is 12.8 Å². The lowest BCUT2D eigenvalue weighted by atomic mass is 10.3. The molecule has 0 saturated heterocycles. The molecule has 0 aliphatic rings. The van der Waals surface area contributed by atoms with Crippen molar-refractivity contribution in [3.05, 3.63) is 42.7 Å². The van der Waals surface area contributed by atoms with Crippen LogP contribution in [-0.4, -0.2) is 6.29 Å². The molecule has 0 radical (unpaired) electrons. The quantitative estimate of drug-likeness (QED) is 0.707. The first kappa shape index (κ1) is 14.6. The molecule has 0 aromatic carbocycles. The van der Waals surface area contributed by atoms with Crippen LogP contribution in [0.2, 0.25) is 0 Å². The van der Waals surface area contributed by atoms with Gasteiger partial charge in [0.15, 0.2) is 6.29 Å². The number of carbonyl (C=O) groups is 1. The first-order valence-corrected chi connectivity index (χ1v) is 8.00. The molecule has 2 aromatic heterocycles. The van der Waals surface area contributed by atoms with E-state index in [2.05, 4.69) is 41.2 Å². The molecule has 1 nitrogen and oxygen atoms in total. The van der Waals surface area contributed by atoms with Crippen molar-refractivity contribution in [3.63, 3.8) is 0 Å². The molecule has 92 valence electrons. The highest BCUT2D eigenvalue weighted by molar-refractivity contribution is 9.10. The van der Waals surface area contributed by atoms with Crippen LogP contribution in [0.15, 0.2) is 27.4 Å². The Hall–Kier alpha value is -0.450. The fourth-order valence-corrected chi connectivity index (χ4v) is 3.37. The third-order valence-electron chi connectivity index (χ3n) is 2.13. The summed E-state index contributed by atoms with van der Waals surface area (Å²) in [6, 6.07) is 4.09. The average Bonchev–Trinajstić information content (AvgIpc) is 2.97. The molecule has 0 N–H and O–H groups in total. The topological polar surface area (TPSA) is 17.1 Å². The van der Waals surface area contributed by atoms with E-state index in [9.17, 15) is 4.79 Å². The molecule has 2 heterocycles. The highest BCUT2D eigenvalue weighted by Gasteiger charge is 1.93. The zero-order valence-electron chi connectivity index (χ0n) is 9.90. The molecule has 0 aliphatic carbocycles. The van der Waals surface area contributed by atoms with E-state index in [-0.39, 0.29) is 0 Å². The van der Waals surface area contributed by atoms with Crippen molar-refractivity contribution in [2.45, 2.75) is 26.7 Å². The lowest BCUT2D eigenvalue weighted by Crippen LogP contribution is -1.70. The number of rotatable bonds is 3. The molecule has 2 rings (SSSR count). The van der Waals surface area contributed by atoms with Gasteiger partial charge in [0, 0.05) is 30.6 Å². The number of thiophene rings is 2. The van der Waals surface area contributed by atoms with Gasteiger partial charge in [0.25, 0.3) is 0 Å². The number of hydrogen-bond acceptors (Lipinski definition) is 3. The fourth-order valence-electron chi connectivity index (χ4n) is 1.18. The maximum Gasteiger partial charge on any atom is 0.150 e. The number of aryl methyl sites for hydroxylation is 2. The molecule has 0 amide bonds. The Morgan fingerprint density at radius 2 is 1.71 bits per heavy atom. The molecule has 2 aromatic rings. The van der Waals surface area contributed by atoms with Gasteiger partial charge in [0.2, 0.25) is 0 Å². The number of hydrogen-bond donors (Lipinski definition) is 0. The smallest absolute Gasteiger partial charge is 0.150 e. The highest BCUT2D eigenvalue weighted by Crippen LogP contribution is 2.19. The Morgan fingerprint density at radius 3 is 2.00 bits per heavy atom. The molecular weight excluding hydrogens is 316 g/mol. The van der Waals surface area contributed by atoms with Crippen LogP contribution in [0, 0.1) is 0 Å². The Bertz CT molecular complexity index is 459. The average molecular weight is 331 g/mol. The van der Waals surface area contributed by atoms with E-state index in [4.69, 9.17) is 0 Å². The Morgan fingerprint density at radius 1 is 1.12 bits per heavy atom. The Labute approximate surface area is 119 Å². The summed E-state index contributed by atoms with van der Waals surface area (Å²) in [5, 5.41) is 3.99. The molecule has 0 saturated carbocycles. The molecule has 17 heavy (non-hydrogen) atoms. The maximum absolute atomic E-state index is 10.1. The second-order valence-electron chi connectivity index (χ2n) is 3.40. The Kier molecular flexibility index (Phi) is 6.70. The van der Waals surface area contributed by atoms with Gasteiger partial charge in [-0.3, -0.25) is 4.79 Å². The molecular formula is C13H15BrOS2. The van der Waals surface area contributed by atoms with Gasteiger partial charge in [0.1, 0.15) is 0 Å². The van der Waals surface area contributed by atoms with Gasteiger partial charge >= 0.3 is 0 Å². The number of aldehydes is 1. The maximum atomic E-state index is 10.1. The van der Waals surface area contributed by atoms with Crippen LogP contribution in [0.3, 0.4) is 0 Å². The summed E-state index contributed by atoms with van der Waals surface area (Å²) in [4.78, 5) is 12.9. The van der Waals surface area contributed by atoms with Crippen molar-refractivity contribution in [1.82, 2.24) is 0 Å². The minimum absolute atomic E-state index is 0.803. The van der Waals surface area contributed by atoms with E-state index in [0.717, 1.165) is 24.7 Å². The van der Waals surface area contributed by atoms with Gasteiger partial charge < -0.3 is 0 Å². The summed E-state index contributed by atoms with van der Waals surface area (Å²) in [5.41, 5.74) is 0.803. The predicted molar refractivity (Wildman–Crippen MR) is 80.5 cm³/mol. The molecule has 0 unspecified atom stereocenters. The molecule has 0 aliphatic heterocycles. The minimum Gasteiger partial charge on any atom is -0.298 e. The monoisotopic (exact) mass is 330 g/mol. The van der Waals surface area contributed by atoms with Gasteiger partial charge in [-0.2, -0.15) is 0 Å². The third-order valence-corrected chi connectivity index (χ3v) is 5.07. The zero-order chi connectivity index (χ0) is 12.7. The van der Waals surface area contributed by atoms with Crippen LogP contribution in [0.4, 0.5) is 0 Å². The number of halogens is 1. The first-order chi connectivity index (χ1) is 8.19. The largest absolute Gasteiger partial charge is 0.298 e. The van der Waals surface area contributed by atoms with Crippen LogP contribution in [0.25, 0.3) is 0 Å². The lowest BCUT2D eigenvalue weighted by Gasteiger charge is -1.79. The minimum atomic E-state index is 0.803. The van der Waals surface area contributed by atoms with E-state index in [0.29, 0.717) is 0 Å². The molecule has 0 fully saturated rings. The third kappa shape index (κ3) is 5.15. The SMILES string of the molecule is CCc1cc(Br)cs1.CCc1cc(C=O)cs1. The summed E-state index contributed by atoms with van der Waals surface area (Å²) in [6.07, 6.45) is 3.06. The second-order valence-corrected chi connectivity index (χ2v) is 6.31. The predicted octanol–water partition coefficient (Wildman–Crippen LogP) is 5.20. The van der Waals surface area contributed by atoms with Gasteiger partial charge in [-0.05, 0) is 40.9 Å². The summed E-state index contributed by atoms with van der Waals surface area (Å²) in [7, 11) is 0. The van der Waals surface area contributed by atoms with Crippen molar-refractivity contribution in [1.29, 1.82) is 0 Å². The molecule has 0 bridgehead atoms. The van der Waals surface area contributed by atoms with Crippen LogP contribution in [0.1, 0.15) is 34.0 Å². The standard InChI is InChI=1S/C7H8OS.C6H7BrS/c1-2-7-3-6(4-8)5-9-7;1-2-6-3-5(7)4-8-6/h3-5H,2H2,1H3;3-4H,2H2,1H3. The summed E-state index contributed by atoms with van der Waals surface area (Å²) in [5.74, 6) is 0. The van der Waals surface area contributed by atoms with E-state index >= 15 is 0 Å². The van der Waals surface area contributed by atoms with Gasteiger partial charge in [-0.25, -0.2) is 0 Å². The van der Waals surface area contributed by atoms with Gasteiger partial charge in [-0.1, -0.05) is 13.8 Å². The Balaban J connectivity index is 0.000000171. The number of carbonyl (C=O) groups excluding carboxylic acids is 1. The normalized spacial score (nSPS) is 9.59. The lowest BCUT2D eigenvalue weighted by molar-refractivity contribution is 0.112. The van der Waals surface area contributed by atoms with Crippen molar-refractivity contribution >= 4 is 44.9 Å². The van der Waals surface area contributed by atoms with E-state index < -0.39 is 0 Å². The molecule has 4 heteroatoms. The van der Waals surface area contributed by atoms with E-state index in [1.807, 2.05) is 11.4 Å². The van der Waals surface area contributed by atoms with E-state index in [1.165, 1.54) is 14.2 Å². The van der Waals surface area contributed by atoms with Gasteiger partial charge in [-0.15, -0.1) is 22.7 Å². The van der Waals surface area contributed by atoms with Crippen LogP contribution < -0.4 is 0 Å². The summed E-state index contributed by atoms with van der Waals surface area (Å²) < 4.78 is 1.21. The van der Waals surface area contributed by atoms with Crippen LogP contribution >= 0.6 is 38.6 Å². The summed E-state index contributed by atoms with van der Waals surface area (Å²) in [6.45, 7) is 4.25. The van der Waals surface area contributed by atoms with Crippen molar-refractivity contribution in [2.24, 2.45) is 0 Å². The fraction of sp³-hybridized carbons (Fsp3) is 0.308. The van der Waals surface area contributed by atoms with Crippen molar-refractivity contribution < 1.29 is 4.79 Å². The first-order valence-electron chi connectivity index (χ1n) is 5.45. The van der Waals surface area contributed by atoms with Gasteiger partial charge in [0.05, 0.1) is 0 Å². The van der Waals surface area contributed by atoms with Crippen LogP contribution in [0.5, 0.6) is 0 Å².